The molecule has 5 nitrogen and oxygen atoms in total. The average Bonchev–Trinajstić information content (AvgIpc) is 3.04. The number of rotatable bonds is 2. The second-order valence-corrected chi connectivity index (χ2v) is 6.10. The molecule has 0 saturated heterocycles. The molecule has 1 atom stereocenters. The van der Waals surface area contributed by atoms with Gasteiger partial charge >= 0.3 is 0 Å². The molecule has 0 bridgehead atoms. The first-order valence-electron chi connectivity index (χ1n) is 7.65. The summed E-state index contributed by atoms with van der Waals surface area (Å²) in [6.07, 6.45) is 0. The Hall–Kier alpha value is -3.23. The molecule has 0 radical (unpaired) electrons. The zero-order chi connectivity index (χ0) is 17.4. The van der Waals surface area contributed by atoms with Crippen LogP contribution in [0, 0.1) is 11.3 Å². The second kappa shape index (κ2) is 6.00. The van der Waals surface area contributed by atoms with Crippen molar-refractivity contribution in [2.45, 2.75) is 5.92 Å². The Kier molecular flexibility index (Phi) is 3.68. The second-order valence-electron chi connectivity index (χ2n) is 5.66. The van der Waals surface area contributed by atoms with E-state index in [1.165, 1.54) is 0 Å². The summed E-state index contributed by atoms with van der Waals surface area (Å²) in [6, 6.07) is 19.3. The van der Waals surface area contributed by atoms with E-state index in [9.17, 15) is 5.26 Å². The molecule has 1 aliphatic heterocycles. The molecule has 1 aliphatic rings. The number of nitrogens with one attached hydrogen (secondary N) is 1. The molecule has 0 unspecified atom stereocenters. The van der Waals surface area contributed by atoms with E-state index in [1.807, 2.05) is 48.5 Å². The largest absolute Gasteiger partial charge is 0.420 e. The standard InChI is InChI=1S/C19H13ClN4O/c20-13-8-4-7-12(9-13)15-14(10-21)18(22)25-19-16(15)17(23-24-19)11-5-2-1-3-6-11/h1-9,15H,22H2,(H,23,24)/t15-/m0/s1. The summed E-state index contributed by atoms with van der Waals surface area (Å²) >= 11 is 6.16. The summed E-state index contributed by atoms with van der Waals surface area (Å²) in [4.78, 5) is 0. The quantitative estimate of drug-likeness (QED) is 0.734. The third-order valence-corrected chi connectivity index (χ3v) is 4.42. The summed E-state index contributed by atoms with van der Waals surface area (Å²) in [7, 11) is 0. The first kappa shape index (κ1) is 15.3. The van der Waals surface area contributed by atoms with Gasteiger partial charge in [0.15, 0.2) is 0 Å². The molecule has 0 amide bonds. The minimum atomic E-state index is -0.401. The van der Waals surface area contributed by atoms with E-state index in [1.54, 1.807) is 6.07 Å². The number of hydrogen-bond acceptors (Lipinski definition) is 4. The maximum Gasteiger partial charge on any atom is 0.244 e. The number of allylic oxidation sites excluding steroid dienone is 1. The lowest BCUT2D eigenvalue weighted by molar-refractivity contribution is 0.379. The summed E-state index contributed by atoms with van der Waals surface area (Å²) < 4.78 is 5.58. The van der Waals surface area contributed by atoms with Crippen molar-refractivity contribution < 1.29 is 4.74 Å². The van der Waals surface area contributed by atoms with Crippen molar-refractivity contribution >= 4 is 11.6 Å². The molecule has 0 saturated carbocycles. The fraction of sp³-hybridized carbons (Fsp3) is 0.0526. The Morgan fingerprint density at radius 2 is 1.96 bits per heavy atom. The van der Waals surface area contributed by atoms with Crippen LogP contribution in [0.25, 0.3) is 11.3 Å². The Balaban J connectivity index is 1.97. The molecule has 25 heavy (non-hydrogen) atoms. The number of H-pyrrole nitrogens is 1. The maximum absolute atomic E-state index is 9.66. The number of hydrogen-bond donors (Lipinski definition) is 2. The molecule has 0 fully saturated rings. The van der Waals surface area contributed by atoms with Crippen LogP contribution < -0.4 is 10.5 Å². The van der Waals surface area contributed by atoms with E-state index in [-0.39, 0.29) is 5.88 Å². The first-order valence-corrected chi connectivity index (χ1v) is 8.03. The number of fused-ring (bicyclic) bond motifs is 1. The lowest BCUT2D eigenvalue weighted by atomic mass is 9.83. The van der Waals surface area contributed by atoms with Gasteiger partial charge < -0.3 is 10.5 Å². The molecular weight excluding hydrogens is 336 g/mol. The highest BCUT2D eigenvalue weighted by atomic mass is 35.5. The summed E-state index contributed by atoms with van der Waals surface area (Å²) in [6.45, 7) is 0. The van der Waals surface area contributed by atoms with Gasteiger partial charge in [0, 0.05) is 5.02 Å². The number of halogens is 1. The van der Waals surface area contributed by atoms with Crippen LogP contribution in [0.1, 0.15) is 17.0 Å². The third-order valence-electron chi connectivity index (χ3n) is 4.18. The van der Waals surface area contributed by atoms with E-state index in [2.05, 4.69) is 16.3 Å². The number of nitriles is 1. The minimum absolute atomic E-state index is 0.0612. The molecule has 6 heteroatoms. The van der Waals surface area contributed by atoms with Crippen molar-refractivity contribution in [3.8, 4) is 23.2 Å². The van der Waals surface area contributed by atoms with Crippen LogP contribution in [-0.4, -0.2) is 10.2 Å². The molecular formula is C19H13ClN4O. The highest BCUT2D eigenvalue weighted by molar-refractivity contribution is 6.30. The van der Waals surface area contributed by atoms with Gasteiger partial charge in [-0.1, -0.05) is 54.1 Å². The zero-order valence-corrected chi connectivity index (χ0v) is 13.8. The van der Waals surface area contributed by atoms with Crippen LogP contribution in [0.15, 0.2) is 66.1 Å². The molecule has 122 valence electrons. The van der Waals surface area contributed by atoms with Crippen LogP contribution in [0.5, 0.6) is 5.88 Å². The van der Waals surface area contributed by atoms with Gasteiger partial charge in [-0.3, -0.25) is 5.10 Å². The molecule has 3 aromatic rings. The minimum Gasteiger partial charge on any atom is -0.420 e. The molecule has 2 aromatic carbocycles. The van der Waals surface area contributed by atoms with Gasteiger partial charge in [-0.15, -0.1) is 5.10 Å². The van der Waals surface area contributed by atoms with Crippen LogP contribution in [-0.2, 0) is 0 Å². The van der Waals surface area contributed by atoms with Gasteiger partial charge in [0.25, 0.3) is 0 Å². The first-order chi connectivity index (χ1) is 12.2. The maximum atomic E-state index is 9.66. The van der Waals surface area contributed by atoms with Crippen LogP contribution >= 0.6 is 11.6 Å². The number of nitrogens with two attached hydrogens (primary N) is 1. The van der Waals surface area contributed by atoms with Crippen molar-refractivity contribution in [3.05, 3.63) is 82.2 Å². The van der Waals surface area contributed by atoms with E-state index in [4.69, 9.17) is 22.1 Å². The highest BCUT2D eigenvalue weighted by Gasteiger charge is 2.35. The topological polar surface area (TPSA) is 87.7 Å². The summed E-state index contributed by atoms with van der Waals surface area (Å²) in [5.41, 5.74) is 9.68. The van der Waals surface area contributed by atoms with Crippen molar-refractivity contribution in [2.75, 3.05) is 0 Å². The van der Waals surface area contributed by atoms with Crippen LogP contribution in [0.4, 0.5) is 0 Å². The number of aromatic nitrogens is 2. The normalized spacial score (nSPS) is 16.1. The number of nitrogens with zero attached hydrogens (tertiary/aromatic N) is 2. The van der Waals surface area contributed by atoms with Gasteiger partial charge in [0.2, 0.25) is 11.8 Å². The number of ether oxygens (including phenoxy) is 1. The number of aromatic amines is 1. The fourth-order valence-corrected chi connectivity index (χ4v) is 3.29. The Labute approximate surface area is 149 Å². The molecule has 0 spiro atoms. The zero-order valence-electron chi connectivity index (χ0n) is 13.0. The molecule has 2 heterocycles. The molecule has 3 N–H and O–H groups in total. The predicted molar refractivity (Wildman–Crippen MR) is 94.8 cm³/mol. The van der Waals surface area contributed by atoms with Gasteiger partial charge in [-0.2, -0.15) is 5.26 Å². The monoisotopic (exact) mass is 348 g/mol. The Morgan fingerprint density at radius 3 is 2.68 bits per heavy atom. The van der Waals surface area contributed by atoms with Crippen LogP contribution in [0.3, 0.4) is 0 Å². The summed E-state index contributed by atoms with van der Waals surface area (Å²) in [5, 5.41) is 17.5. The lowest BCUT2D eigenvalue weighted by Gasteiger charge is -2.24. The summed E-state index contributed by atoms with van der Waals surface area (Å²) in [5.74, 6) is 0.0350. The van der Waals surface area contributed by atoms with Gasteiger partial charge in [-0.05, 0) is 23.3 Å². The fourth-order valence-electron chi connectivity index (χ4n) is 3.09. The smallest absolute Gasteiger partial charge is 0.244 e. The van der Waals surface area contributed by atoms with Crippen molar-refractivity contribution in [2.24, 2.45) is 5.73 Å². The van der Waals surface area contributed by atoms with E-state index in [0.29, 0.717) is 16.5 Å². The average molecular weight is 349 g/mol. The van der Waals surface area contributed by atoms with Crippen molar-refractivity contribution in [1.82, 2.24) is 10.2 Å². The molecule has 4 rings (SSSR count). The van der Waals surface area contributed by atoms with E-state index >= 15 is 0 Å². The lowest BCUT2D eigenvalue weighted by Crippen LogP contribution is -2.20. The van der Waals surface area contributed by atoms with E-state index < -0.39 is 5.92 Å². The SMILES string of the molecule is N#CC1=C(N)Oc2n[nH]c(-c3ccccc3)c2[C@H]1c1cccc(Cl)c1. The number of benzene rings is 2. The Bertz CT molecular complexity index is 1020. The third kappa shape index (κ3) is 2.53. The van der Waals surface area contributed by atoms with Gasteiger partial charge in [0.1, 0.15) is 11.6 Å². The molecule has 0 aliphatic carbocycles. The van der Waals surface area contributed by atoms with Crippen molar-refractivity contribution in [1.29, 1.82) is 5.26 Å². The van der Waals surface area contributed by atoms with Crippen LogP contribution in [0.2, 0.25) is 5.02 Å². The highest BCUT2D eigenvalue weighted by Crippen LogP contribution is 2.45. The Morgan fingerprint density at radius 1 is 1.16 bits per heavy atom. The van der Waals surface area contributed by atoms with Crippen molar-refractivity contribution in [3.63, 3.8) is 0 Å². The van der Waals surface area contributed by atoms with E-state index in [0.717, 1.165) is 22.4 Å². The molecule has 1 aromatic heterocycles. The van der Waals surface area contributed by atoms with Gasteiger partial charge in [0.05, 0.1) is 17.2 Å². The van der Waals surface area contributed by atoms with Gasteiger partial charge in [-0.25, -0.2) is 0 Å². The predicted octanol–water partition coefficient (Wildman–Crippen LogP) is 3.95.